The van der Waals surface area contributed by atoms with Crippen LogP contribution in [0.1, 0.15) is 56.7 Å². The van der Waals surface area contributed by atoms with Gasteiger partial charge in [0.25, 0.3) is 0 Å². The zero-order valence-corrected chi connectivity index (χ0v) is 15.6. The molecule has 0 radical (unpaired) electrons. The molecule has 0 aromatic carbocycles. The minimum absolute atomic E-state index is 0.0560. The topological polar surface area (TPSA) is 62.3 Å². The van der Waals surface area contributed by atoms with Gasteiger partial charge < -0.3 is 10.2 Å². The fourth-order valence-corrected chi connectivity index (χ4v) is 4.24. The molecule has 1 aliphatic carbocycles. The van der Waals surface area contributed by atoms with Crippen LogP contribution in [0.25, 0.3) is 0 Å². The summed E-state index contributed by atoms with van der Waals surface area (Å²) in [5.41, 5.74) is 0.557. The van der Waals surface area contributed by atoms with Gasteiger partial charge in [-0.3, -0.25) is 9.59 Å². The van der Waals surface area contributed by atoms with Crippen LogP contribution in [0.4, 0.5) is 0 Å². The molecule has 1 N–H and O–H groups in total. The Morgan fingerprint density at radius 2 is 2.12 bits per heavy atom. The summed E-state index contributed by atoms with van der Waals surface area (Å²) < 4.78 is 0. The summed E-state index contributed by atoms with van der Waals surface area (Å²) in [6.45, 7) is 7.45. The van der Waals surface area contributed by atoms with Gasteiger partial charge in [-0.15, -0.1) is 11.3 Å². The maximum atomic E-state index is 12.8. The molecule has 2 fully saturated rings. The third-order valence-electron chi connectivity index (χ3n) is 5.23. The van der Waals surface area contributed by atoms with Crippen LogP contribution in [0.3, 0.4) is 0 Å². The van der Waals surface area contributed by atoms with Crippen molar-refractivity contribution < 1.29 is 9.59 Å². The first-order valence-corrected chi connectivity index (χ1v) is 9.84. The molecule has 2 aliphatic rings. The SMILES string of the molecule is CC[C@@](C)(NC(=O)[C@H]1CCCN(C(=O)C2CC2)C1)c1nc(C)cs1. The number of hydrogen-bond donors (Lipinski definition) is 1. The molecule has 1 aromatic rings. The molecule has 0 spiro atoms. The van der Waals surface area contributed by atoms with Gasteiger partial charge in [-0.05, 0) is 46.0 Å². The Kier molecular flexibility index (Phi) is 4.95. The molecule has 132 valence electrons. The first-order chi connectivity index (χ1) is 11.4. The quantitative estimate of drug-likeness (QED) is 0.889. The van der Waals surface area contributed by atoms with Crippen LogP contribution in [0, 0.1) is 18.8 Å². The number of nitrogens with one attached hydrogen (secondary N) is 1. The largest absolute Gasteiger partial charge is 0.344 e. The Balaban J connectivity index is 1.65. The number of hydrogen-bond acceptors (Lipinski definition) is 4. The molecule has 0 unspecified atom stereocenters. The van der Waals surface area contributed by atoms with Crippen molar-refractivity contribution in [2.24, 2.45) is 11.8 Å². The van der Waals surface area contributed by atoms with E-state index >= 15 is 0 Å². The van der Waals surface area contributed by atoms with Gasteiger partial charge in [0.15, 0.2) is 0 Å². The summed E-state index contributed by atoms with van der Waals surface area (Å²) in [5.74, 6) is 0.432. The molecule has 6 heteroatoms. The average Bonchev–Trinajstić information content (AvgIpc) is 3.34. The molecule has 2 atom stereocenters. The maximum Gasteiger partial charge on any atom is 0.225 e. The summed E-state index contributed by atoms with van der Waals surface area (Å²) in [6.07, 6.45) is 4.60. The molecule has 2 amide bonds. The fraction of sp³-hybridized carbons (Fsp3) is 0.722. The summed E-state index contributed by atoms with van der Waals surface area (Å²) in [7, 11) is 0. The predicted molar refractivity (Wildman–Crippen MR) is 94.7 cm³/mol. The highest BCUT2D eigenvalue weighted by Crippen LogP contribution is 2.33. The Bertz CT molecular complexity index is 626. The highest BCUT2D eigenvalue weighted by molar-refractivity contribution is 7.09. The van der Waals surface area contributed by atoms with Gasteiger partial charge in [0.2, 0.25) is 11.8 Å². The van der Waals surface area contributed by atoms with E-state index in [2.05, 4.69) is 17.2 Å². The number of piperidine rings is 1. The monoisotopic (exact) mass is 349 g/mol. The molecule has 1 saturated carbocycles. The van der Waals surface area contributed by atoms with E-state index in [0.717, 1.165) is 49.4 Å². The second-order valence-corrected chi connectivity index (χ2v) is 8.22. The minimum Gasteiger partial charge on any atom is -0.344 e. The lowest BCUT2D eigenvalue weighted by Crippen LogP contribution is -2.50. The van der Waals surface area contributed by atoms with E-state index < -0.39 is 5.54 Å². The molecule has 1 aromatic heterocycles. The maximum absolute atomic E-state index is 12.8. The number of carbonyl (C=O) groups excluding carboxylic acids is 2. The number of rotatable bonds is 5. The normalized spacial score (nSPS) is 23.6. The van der Waals surface area contributed by atoms with Crippen LogP contribution in [0.15, 0.2) is 5.38 Å². The predicted octanol–water partition coefficient (Wildman–Crippen LogP) is 2.84. The van der Waals surface area contributed by atoms with Crippen LogP contribution >= 0.6 is 11.3 Å². The third-order valence-corrected chi connectivity index (χ3v) is 6.45. The lowest BCUT2D eigenvalue weighted by atomic mass is 9.93. The van der Waals surface area contributed by atoms with Crippen molar-refractivity contribution in [3.63, 3.8) is 0 Å². The summed E-state index contributed by atoms with van der Waals surface area (Å²) in [6, 6.07) is 0. The van der Waals surface area contributed by atoms with Crippen LogP contribution in [-0.4, -0.2) is 34.8 Å². The van der Waals surface area contributed by atoms with Crippen LogP contribution in [0.5, 0.6) is 0 Å². The number of nitrogens with zero attached hydrogens (tertiary/aromatic N) is 2. The zero-order chi connectivity index (χ0) is 17.3. The number of aryl methyl sites for hydroxylation is 1. The van der Waals surface area contributed by atoms with Gasteiger partial charge in [-0.1, -0.05) is 6.92 Å². The lowest BCUT2D eigenvalue weighted by Gasteiger charge is -2.35. The van der Waals surface area contributed by atoms with E-state index in [-0.39, 0.29) is 23.7 Å². The van der Waals surface area contributed by atoms with Crippen LogP contribution in [-0.2, 0) is 15.1 Å². The first-order valence-electron chi connectivity index (χ1n) is 8.96. The fourth-order valence-electron chi connectivity index (χ4n) is 3.25. The van der Waals surface area contributed by atoms with E-state index in [1.165, 1.54) is 0 Å². The molecular weight excluding hydrogens is 322 g/mol. The number of aromatic nitrogens is 1. The van der Waals surface area contributed by atoms with E-state index in [1.54, 1.807) is 11.3 Å². The van der Waals surface area contributed by atoms with Crippen molar-refractivity contribution in [2.75, 3.05) is 13.1 Å². The number of likely N-dealkylation sites (tertiary alicyclic amines) is 1. The zero-order valence-electron chi connectivity index (χ0n) is 14.8. The Morgan fingerprint density at radius 3 is 2.71 bits per heavy atom. The van der Waals surface area contributed by atoms with Crippen molar-refractivity contribution in [1.82, 2.24) is 15.2 Å². The molecule has 1 aliphatic heterocycles. The van der Waals surface area contributed by atoms with Crippen LogP contribution in [0.2, 0.25) is 0 Å². The van der Waals surface area contributed by atoms with Gasteiger partial charge in [0, 0.05) is 30.1 Å². The Labute approximate surface area is 147 Å². The molecule has 5 nitrogen and oxygen atoms in total. The summed E-state index contributed by atoms with van der Waals surface area (Å²) in [5, 5.41) is 6.19. The van der Waals surface area contributed by atoms with Gasteiger partial charge in [0.05, 0.1) is 11.5 Å². The van der Waals surface area contributed by atoms with E-state index in [4.69, 9.17) is 0 Å². The second-order valence-electron chi connectivity index (χ2n) is 7.37. The minimum atomic E-state index is -0.432. The van der Waals surface area contributed by atoms with Gasteiger partial charge >= 0.3 is 0 Å². The molecule has 0 bridgehead atoms. The lowest BCUT2D eigenvalue weighted by molar-refractivity contribution is -0.137. The number of carbonyl (C=O) groups is 2. The highest BCUT2D eigenvalue weighted by atomic mass is 32.1. The standard InChI is InChI=1S/C18H27N3O2S/c1-4-18(3,17-19-12(2)11-24-17)20-15(22)14-6-5-9-21(10-14)16(23)13-7-8-13/h11,13-14H,4-10H2,1-3H3,(H,20,22)/t14-,18+/m0/s1. The molecule has 2 heterocycles. The molecular formula is C18H27N3O2S. The van der Waals surface area contributed by atoms with E-state index in [9.17, 15) is 9.59 Å². The Morgan fingerprint density at radius 1 is 1.38 bits per heavy atom. The van der Waals surface area contributed by atoms with Gasteiger partial charge in [0.1, 0.15) is 5.01 Å². The number of thiazole rings is 1. The van der Waals surface area contributed by atoms with Gasteiger partial charge in [-0.2, -0.15) is 0 Å². The second kappa shape index (κ2) is 6.82. The van der Waals surface area contributed by atoms with Crippen molar-refractivity contribution in [3.8, 4) is 0 Å². The molecule has 3 rings (SSSR count). The van der Waals surface area contributed by atoms with Crippen LogP contribution < -0.4 is 5.32 Å². The third kappa shape index (κ3) is 3.63. The van der Waals surface area contributed by atoms with Crippen molar-refractivity contribution in [3.05, 3.63) is 16.1 Å². The highest BCUT2D eigenvalue weighted by Gasteiger charge is 2.38. The van der Waals surface area contributed by atoms with Crippen molar-refractivity contribution in [2.45, 2.75) is 58.4 Å². The Hall–Kier alpha value is -1.43. The smallest absolute Gasteiger partial charge is 0.225 e. The van der Waals surface area contributed by atoms with E-state index in [1.807, 2.05) is 24.1 Å². The van der Waals surface area contributed by atoms with Crippen molar-refractivity contribution in [1.29, 1.82) is 0 Å². The average molecular weight is 350 g/mol. The first kappa shape index (κ1) is 17.4. The van der Waals surface area contributed by atoms with Gasteiger partial charge in [-0.25, -0.2) is 4.98 Å². The number of amides is 2. The summed E-state index contributed by atoms with van der Waals surface area (Å²) in [4.78, 5) is 31.6. The summed E-state index contributed by atoms with van der Waals surface area (Å²) >= 11 is 1.60. The molecule has 1 saturated heterocycles. The van der Waals surface area contributed by atoms with Crippen molar-refractivity contribution >= 4 is 23.2 Å². The molecule has 24 heavy (non-hydrogen) atoms. The van der Waals surface area contributed by atoms with E-state index in [0.29, 0.717) is 6.54 Å².